The Morgan fingerprint density at radius 1 is 1.11 bits per heavy atom. The summed E-state index contributed by atoms with van der Waals surface area (Å²) < 4.78 is 4.64. The number of hydrogen-bond donors (Lipinski definition) is 0. The molecule has 1 aliphatic rings. The molecule has 2 aromatic heterocycles. The van der Waals surface area contributed by atoms with Gasteiger partial charge in [-0.25, -0.2) is 9.13 Å². The molecule has 2 nitrogen and oxygen atoms in total. The van der Waals surface area contributed by atoms with Crippen molar-refractivity contribution in [3.8, 4) is 0 Å². The normalized spacial score (nSPS) is 17.8. The first kappa shape index (κ1) is 11.1. The van der Waals surface area contributed by atoms with E-state index in [1.165, 1.54) is 11.2 Å². The van der Waals surface area contributed by atoms with Crippen LogP contribution in [0.4, 0.5) is 0 Å². The highest BCUT2D eigenvalue weighted by Crippen LogP contribution is 2.31. The molecule has 0 N–H and O–H groups in total. The summed E-state index contributed by atoms with van der Waals surface area (Å²) in [7, 11) is 0. The van der Waals surface area contributed by atoms with Gasteiger partial charge >= 0.3 is 0 Å². The Labute approximate surface area is 116 Å². The second-order valence-corrected chi connectivity index (χ2v) is 5.44. The Bertz CT molecular complexity index is 746. The summed E-state index contributed by atoms with van der Waals surface area (Å²) in [5.74, 6) is 0. The molecule has 0 amide bonds. The fourth-order valence-electron chi connectivity index (χ4n) is 3.08. The molecular formula is C16H14ClN2+. The largest absolute Gasteiger partial charge is 0.290 e. The summed E-state index contributed by atoms with van der Waals surface area (Å²) >= 11 is 6.29. The van der Waals surface area contributed by atoms with Crippen molar-refractivity contribution in [1.82, 2.24) is 4.57 Å². The van der Waals surface area contributed by atoms with Crippen molar-refractivity contribution < 1.29 is 4.57 Å². The fraction of sp³-hybridized carbons (Fsp3) is 0.188. The first-order valence-electron chi connectivity index (χ1n) is 6.58. The van der Waals surface area contributed by atoms with E-state index in [0.717, 1.165) is 23.4 Å². The summed E-state index contributed by atoms with van der Waals surface area (Å²) in [6.07, 6.45) is 5.36. The van der Waals surface area contributed by atoms with Gasteiger partial charge in [-0.15, -0.1) is 0 Å². The van der Waals surface area contributed by atoms with E-state index in [-0.39, 0.29) is 0 Å². The zero-order valence-corrected chi connectivity index (χ0v) is 11.2. The number of aryl methyl sites for hydroxylation is 1. The third-order valence-corrected chi connectivity index (χ3v) is 4.31. The molecule has 0 saturated carbocycles. The van der Waals surface area contributed by atoms with Crippen molar-refractivity contribution in [2.24, 2.45) is 0 Å². The molecule has 0 spiro atoms. The highest BCUT2D eigenvalue weighted by atomic mass is 35.5. The first-order chi connectivity index (χ1) is 9.34. The lowest BCUT2D eigenvalue weighted by Gasteiger charge is -2.20. The molecule has 0 radical (unpaired) electrons. The molecule has 3 heterocycles. The summed E-state index contributed by atoms with van der Waals surface area (Å²) in [6, 6.07) is 15.2. The van der Waals surface area contributed by atoms with E-state index in [1.807, 2.05) is 6.07 Å². The third kappa shape index (κ3) is 1.60. The molecule has 0 fully saturated rings. The SMILES string of the molecule is Clc1cc[n+]2c3c1ccn3C(c1ccccc1)CC2. The van der Waals surface area contributed by atoms with Gasteiger partial charge in [0, 0.05) is 6.42 Å². The number of hydrogen-bond acceptors (Lipinski definition) is 0. The Balaban J connectivity index is 1.96. The van der Waals surface area contributed by atoms with Crippen molar-refractivity contribution >= 4 is 22.6 Å². The molecule has 0 bridgehead atoms. The minimum atomic E-state index is 0.414. The van der Waals surface area contributed by atoms with Crippen molar-refractivity contribution in [2.45, 2.75) is 19.0 Å². The molecule has 1 unspecified atom stereocenters. The molecule has 1 atom stereocenters. The van der Waals surface area contributed by atoms with E-state index < -0.39 is 0 Å². The van der Waals surface area contributed by atoms with Crippen LogP contribution in [0.15, 0.2) is 54.9 Å². The predicted octanol–water partition coefficient (Wildman–Crippen LogP) is 3.58. The van der Waals surface area contributed by atoms with Crippen LogP contribution < -0.4 is 4.57 Å². The Hall–Kier alpha value is -1.80. The smallest absolute Gasteiger partial charge is 0.233 e. The van der Waals surface area contributed by atoms with Gasteiger partial charge in [0.25, 0.3) is 5.65 Å². The second-order valence-electron chi connectivity index (χ2n) is 5.03. The van der Waals surface area contributed by atoms with E-state index >= 15 is 0 Å². The van der Waals surface area contributed by atoms with Crippen LogP contribution >= 0.6 is 11.6 Å². The van der Waals surface area contributed by atoms with Crippen LogP contribution in [0.25, 0.3) is 11.0 Å². The van der Waals surface area contributed by atoms with E-state index in [0.29, 0.717) is 6.04 Å². The summed E-state index contributed by atoms with van der Waals surface area (Å²) in [5.41, 5.74) is 2.60. The minimum Gasteiger partial charge on any atom is -0.233 e. The number of rotatable bonds is 1. The topological polar surface area (TPSA) is 8.81 Å². The van der Waals surface area contributed by atoms with Crippen molar-refractivity contribution in [2.75, 3.05) is 0 Å². The van der Waals surface area contributed by atoms with Gasteiger partial charge in [-0.05, 0) is 17.7 Å². The number of benzene rings is 1. The van der Waals surface area contributed by atoms with Gasteiger partial charge < -0.3 is 0 Å². The van der Waals surface area contributed by atoms with E-state index in [9.17, 15) is 0 Å². The Morgan fingerprint density at radius 2 is 1.95 bits per heavy atom. The third-order valence-electron chi connectivity index (χ3n) is 3.98. The standard InChI is InChI=1S/C16H14ClN2/c17-14-7-9-18-10-8-15(12-4-2-1-3-5-12)19-11-6-13(14)16(18)19/h1-7,9,11,15H,8,10H2/q+1. The molecule has 4 rings (SSSR count). The maximum Gasteiger partial charge on any atom is 0.290 e. The van der Waals surface area contributed by atoms with Gasteiger partial charge in [-0.2, -0.15) is 0 Å². The van der Waals surface area contributed by atoms with E-state index in [4.69, 9.17) is 11.6 Å². The lowest BCUT2D eigenvalue weighted by Crippen LogP contribution is -2.41. The zero-order chi connectivity index (χ0) is 12.8. The van der Waals surface area contributed by atoms with Crippen LogP contribution in [0.2, 0.25) is 5.02 Å². The molecule has 94 valence electrons. The van der Waals surface area contributed by atoms with Crippen molar-refractivity contribution in [3.63, 3.8) is 0 Å². The molecular weight excluding hydrogens is 256 g/mol. The maximum absolute atomic E-state index is 6.29. The van der Waals surface area contributed by atoms with Crippen LogP contribution in [0.5, 0.6) is 0 Å². The molecule has 0 aliphatic carbocycles. The number of aromatic nitrogens is 2. The maximum atomic E-state index is 6.29. The molecule has 19 heavy (non-hydrogen) atoms. The lowest BCUT2D eigenvalue weighted by molar-refractivity contribution is -0.679. The second kappa shape index (κ2) is 4.10. The van der Waals surface area contributed by atoms with Crippen molar-refractivity contribution in [1.29, 1.82) is 0 Å². The van der Waals surface area contributed by atoms with Crippen LogP contribution in [0.1, 0.15) is 18.0 Å². The monoisotopic (exact) mass is 269 g/mol. The molecule has 1 aromatic carbocycles. The molecule has 3 aromatic rings. The Kier molecular flexibility index (Phi) is 2.39. The van der Waals surface area contributed by atoms with Crippen LogP contribution in [-0.4, -0.2) is 4.57 Å². The number of pyridine rings is 1. The summed E-state index contributed by atoms with van der Waals surface area (Å²) in [5, 5.41) is 1.98. The average Bonchev–Trinajstić information content (AvgIpc) is 2.90. The van der Waals surface area contributed by atoms with Gasteiger partial charge in [0.05, 0.1) is 29.3 Å². The number of halogens is 1. The number of nitrogens with zero attached hydrogens (tertiary/aromatic N) is 2. The Morgan fingerprint density at radius 3 is 2.79 bits per heavy atom. The lowest BCUT2D eigenvalue weighted by atomic mass is 10.0. The van der Waals surface area contributed by atoms with E-state index in [1.54, 1.807) is 0 Å². The van der Waals surface area contributed by atoms with Crippen LogP contribution in [-0.2, 0) is 6.54 Å². The van der Waals surface area contributed by atoms with Gasteiger partial charge in [0.15, 0.2) is 0 Å². The predicted molar refractivity (Wildman–Crippen MR) is 76.3 cm³/mol. The van der Waals surface area contributed by atoms with Crippen LogP contribution in [0, 0.1) is 0 Å². The minimum absolute atomic E-state index is 0.414. The zero-order valence-electron chi connectivity index (χ0n) is 10.5. The average molecular weight is 270 g/mol. The summed E-state index contributed by atoms with van der Waals surface area (Å²) in [4.78, 5) is 0. The van der Waals surface area contributed by atoms with Gasteiger partial charge in [0.1, 0.15) is 6.04 Å². The van der Waals surface area contributed by atoms with Crippen LogP contribution in [0.3, 0.4) is 0 Å². The van der Waals surface area contributed by atoms with E-state index in [2.05, 4.69) is 57.9 Å². The highest BCUT2D eigenvalue weighted by Gasteiger charge is 2.29. The quantitative estimate of drug-likeness (QED) is 0.597. The van der Waals surface area contributed by atoms with Gasteiger partial charge in [-0.3, -0.25) is 0 Å². The first-order valence-corrected chi connectivity index (χ1v) is 6.96. The fourth-order valence-corrected chi connectivity index (χ4v) is 3.28. The molecule has 0 saturated heterocycles. The molecule has 1 aliphatic heterocycles. The van der Waals surface area contributed by atoms with Gasteiger partial charge in [-0.1, -0.05) is 41.9 Å². The molecule has 3 heteroatoms. The van der Waals surface area contributed by atoms with Crippen molar-refractivity contribution in [3.05, 3.63) is 65.4 Å². The highest BCUT2D eigenvalue weighted by molar-refractivity contribution is 6.35. The summed E-state index contributed by atoms with van der Waals surface area (Å²) in [6.45, 7) is 1.04. The van der Waals surface area contributed by atoms with Gasteiger partial charge in [0.2, 0.25) is 0 Å².